The molecule has 0 spiro atoms. The first kappa shape index (κ1) is 20.3. The van der Waals surface area contributed by atoms with E-state index in [1.54, 1.807) is 12.1 Å². The Hall–Kier alpha value is -3.48. The van der Waals surface area contributed by atoms with E-state index in [1.165, 1.54) is 21.3 Å². The van der Waals surface area contributed by atoms with Gasteiger partial charge in [-0.1, -0.05) is 18.2 Å². The van der Waals surface area contributed by atoms with Gasteiger partial charge in [0.1, 0.15) is 5.82 Å². The Bertz CT molecular complexity index is 1020. The summed E-state index contributed by atoms with van der Waals surface area (Å²) in [5.74, 6) is 1.76. The third-order valence-corrected chi connectivity index (χ3v) is 4.66. The highest BCUT2D eigenvalue weighted by atomic mass is 16.5. The number of carbonyl (C=O) groups excluding carboxylic acids is 1. The number of para-hydroxylation sites is 2. The van der Waals surface area contributed by atoms with Crippen molar-refractivity contribution in [3.05, 3.63) is 60.4 Å². The largest absolute Gasteiger partial charge is 0.493 e. The number of fused-ring (bicyclic) bond motifs is 1. The number of carbonyl (C=O) groups is 1. The van der Waals surface area contributed by atoms with Crippen molar-refractivity contribution in [3.63, 3.8) is 0 Å². The van der Waals surface area contributed by atoms with Gasteiger partial charge in [-0.25, -0.2) is 4.98 Å². The number of ether oxygens (including phenoxy) is 3. The lowest BCUT2D eigenvalue weighted by atomic mass is 10.1. The molecule has 0 fully saturated rings. The second-order valence-corrected chi connectivity index (χ2v) is 6.47. The molecule has 1 N–H and O–H groups in total. The molecule has 0 saturated heterocycles. The molecule has 1 aromatic heterocycles. The number of imidazole rings is 1. The molecule has 0 radical (unpaired) electrons. The van der Waals surface area contributed by atoms with Gasteiger partial charge in [0.05, 0.1) is 38.4 Å². The molecule has 0 bridgehead atoms. The van der Waals surface area contributed by atoms with E-state index in [9.17, 15) is 4.79 Å². The molecule has 152 valence electrons. The predicted molar refractivity (Wildman–Crippen MR) is 112 cm³/mol. The van der Waals surface area contributed by atoms with Crippen LogP contribution >= 0.6 is 0 Å². The third-order valence-electron chi connectivity index (χ3n) is 4.66. The number of allylic oxidation sites excluding steroid dienone is 1. The molecule has 7 nitrogen and oxygen atoms in total. The van der Waals surface area contributed by atoms with Crippen LogP contribution in [0.15, 0.2) is 49.1 Å². The summed E-state index contributed by atoms with van der Waals surface area (Å²) in [5, 5.41) is 3.00. The summed E-state index contributed by atoms with van der Waals surface area (Å²) in [6.07, 6.45) is 1.81. The normalized spacial score (nSPS) is 11.7. The summed E-state index contributed by atoms with van der Waals surface area (Å²) < 4.78 is 18.0. The zero-order valence-corrected chi connectivity index (χ0v) is 17.1. The van der Waals surface area contributed by atoms with Crippen LogP contribution in [0.2, 0.25) is 0 Å². The second kappa shape index (κ2) is 8.68. The van der Waals surface area contributed by atoms with Crippen LogP contribution in [-0.2, 0) is 6.54 Å². The van der Waals surface area contributed by atoms with E-state index in [0.717, 1.165) is 16.9 Å². The summed E-state index contributed by atoms with van der Waals surface area (Å²) in [7, 11) is 4.55. The number of hydrogen-bond donors (Lipinski definition) is 1. The van der Waals surface area contributed by atoms with Crippen molar-refractivity contribution in [1.29, 1.82) is 0 Å². The van der Waals surface area contributed by atoms with Gasteiger partial charge in [-0.05, 0) is 31.2 Å². The fraction of sp³-hybridized carbons (Fsp3) is 0.273. The molecule has 3 aromatic rings. The topological polar surface area (TPSA) is 74.6 Å². The molecule has 0 aliphatic rings. The number of nitrogens with zero attached hydrogens (tertiary/aromatic N) is 2. The summed E-state index contributed by atoms with van der Waals surface area (Å²) in [6.45, 7) is 6.33. The molecule has 0 aliphatic carbocycles. The number of benzene rings is 2. The van der Waals surface area contributed by atoms with Gasteiger partial charge in [-0.2, -0.15) is 0 Å². The lowest BCUT2D eigenvalue weighted by Gasteiger charge is -2.17. The highest BCUT2D eigenvalue weighted by Crippen LogP contribution is 2.38. The number of rotatable bonds is 8. The Morgan fingerprint density at radius 1 is 1.17 bits per heavy atom. The minimum absolute atomic E-state index is 0.269. The summed E-state index contributed by atoms with van der Waals surface area (Å²) in [6, 6.07) is 10.8. The first-order valence-electron chi connectivity index (χ1n) is 9.21. The van der Waals surface area contributed by atoms with E-state index in [1.807, 2.05) is 41.8 Å². The van der Waals surface area contributed by atoms with Crippen molar-refractivity contribution in [1.82, 2.24) is 14.9 Å². The van der Waals surface area contributed by atoms with Gasteiger partial charge in [0.25, 0.3) is 5.91 Å². The van der Waals surface area contributed by atoms with Crippen LogP contribution in [0.1, 0.15) is 29.1 Å². The van der Waals surface area contributed by atoms with E-state index in [4.69, 9.17) is 19.2 Å². The smallest absolute Gasteiger partial charge is 0.252 e. The SMILES string of the molecule is C=CCn1c([C@@H](C)NC(=O)c2cc(OC)c(OC)c(OC)c2)nc2ccccc21. The fourth-order valence-electron chi connectivity index (χ4n) is 3.30. The molecular weight excluding hydrogens is 370 g/mol. The molecule has 29 heavy (non-hydrogen) atoms. The van der Waals surface area contributed by atoms with Crippen molar-refractivity contribution >= 4 is 16.9 Å². The van der Waals surface area contributed by atoms with Crippen molar-refractivity contribution < 1.29 is 19.0 Å². The highest BCUT2D eigenvalue weighted by molar-refractivity contribution is 5.96. The Kier molecular flexibility index (Phi) is 6.07. The van der Waals surface area contributed by atoms with Crippen LogP contribution in [0, 0.1) is 0 Å². The summed E-state index contributed by atoms with van der Waals surface area (Å²) >= 11 is 0. The Morgan fingerprint density at radius 3 is 2.41 bits per heavy atom. The monoisotopic (exact) mass is 395 g/mol. The molecule has 1 amide bonds. The average Bonchev–Trinajstić information content (AvgIpc) is 3.11. The van der Waals surface area contributed by atoms with Gasteiger partial charge in [0.2, 0.25) is 5.75 Å². The minimum Gasteiger partial charge on any atom is -0.493 e. The molecule has 3 rings (SSSR count). The number of methoxy groups -OCH3 is 3. The Morgan fingerprint density at radius 2 is 1.83 bits per heavy atom. The molecule has 0 saturated carbocycles. The van der Waals surface area contributed by atoms with Crippen LogP contribution < -0.4 is 19.5 Å². The number of aromatic nitrogens is 2. The third kappa shape index (κ3) is 3.89. The molecule has 0 aliphatic heterocycles. The van der Waals surface area contributed by atoms with Gasteiger partial charge >= 0.3 is 0 Å². The van der Waals surface area contributed by atoms with E-state index in [-0.39, 0.29) is 11.9 Å². The highest BCUT2D eigenvalue weighted by Gasteiger charge is 2.21. The quantitative estimate of drug-likeness (QED) is 0.588. The number of hydrogen-bond acceptors (Lipinski definition) is 5. The Balaban J connectivity index is 1.92. The average molecular weight is 395 g/mol. The predicted octanol–water partition coefficient (Wildman–Crippen LogP) is 3.74. The van der Waals surface area contributed by atoms with E-state index in [2.05, 4.69) is 11.9 Å². The number of nitrogens with one attached hydrogen (secondary N) is 1. The molecule has 2 aromatic carbocycles. The number of amides is 1. The van der Waals surface area contributed by atoms with Gasteiger partial charge < -0.3 is 24.1 Å². The maximum Gasteiger partial charge on any atom is 0.252 e. The molecule has 0 unspecified atom stereocenters. The minimum atomic E-state index is -0.325. The standard InChI is InChI=1S/C22H25N3O4/c1-6-11-25-17-10-8-7-9-16(17)24-21(25)14(2)23-22(26)15-12-18(27-3)20(29-5)19(13-15)28-4/h6-10,12-14H,1,11H2,2-5H3,(H,23,26)/t14-/m1/s1. The van der Waals surface area contributed by atoms with Crippen molar-refractivity contribution in [2.24, 2.45) is 0 Å². The molecule has 1 heterocycles. The lowest BCUT2D eigenvalue weighted by Crippen LogP contribution is -2.28. The fourth-order valence-corrected chi connectivity index (χ4v) is 3.30. The van der Waals surface area contributed by atoms with Crippen molar-refractivity contribution in [2.45, 2.75) is 19.5 Å². The van der Waals surface area contributed by atoms with E-state index < -0.39 is 0 Å². The van der Waals surface area contributed by atoms with Crippen molar-refractivity contribution in [2.75, 3.05) is 21.3 Å². The van der Waals surface area contributed by atoms with Crippen LogP contribution in [0.3, 0.4) is 0 Å². The zero-order chi connectivity index (χ0) is 21.0. The van der Waals surface area contributed by atoms with Gasteiger partial charge in [-0.15, -0.1) is 6.58 Å². The van der Waals surface area contributed by atoms with E-state index >= 15 is 0 Å². The van der Waals surface area contributed by atoms with Crippen LogP contribution in [-0.4, -0.2) is 36.8 Å². The molecular formula is C22H25N3O4. The van der Waals surface area contributed by atoms with Crippen LogP contribution in [0.4, 0.5) is 0 Å². The lowest BCUT2D eigenvalue weighted by molar-refractivity contribution is 0.0937. The van der Waals surface area contributed by atoms with Crippen LogP contribution in [0.25, 0.3) is 11.0 Å². The first-order chi connectivity index (χ1) is 14.0. The Labute approximate surface area is 169 Å². The van der Waals surface area contributed by atoms with Gasteiger partial charge in [-0.3, -0.25) is 4.79 Å². The maximum atomic E-state index is 12.9. The second-order valence-electron chi connectivity index (χ2n) is 6.47. The zero-order valence-electron chi connectivity index (χ0n) is 17.1. The first-order valence-corrected chi connectivity index (χ1v) is 9.21. The van der Waals surface area contributed by atoms with E-state index in [0.29, 0.717) is 29.4 Å². The maximum absolute atomic E-state index is 12.9. The summed E-state index contributed by atoms with van der Waals surface area (Å²) in [4.78, 5) is 17.6. The molecule has 1 atom stereocenters. The van der Waals surface area contributed by atoms with Gasteiger partial charge in [0.15, 0.2) is 11.5 Å². The van der Waals surface area contributed by atoms with Crippen molar-refractivity contribution in [3.8, 4) is 17.2 Å². The van der Waals surface area contributed by atoms with Crippen LogP contribution in [0.5, 0.6) is 17.2 Å². The molecule has 7 heteroatoms. The van der Waals surface area contributed by atoms with Gasteiger partial charge in [0, 0.05) is 12.1 Å². The summed E-state index contributed by atoms with van der Waals surface area (Å²) in [5.41, 5.74) is 2.27.